The molecule has 0 unspecified atom stereocenters. The van der Waals surface area contributed by atoms with Crippen LogP contribution in [0.2, 0.25) is 0 Å². The molecular weight excluding hydrogens is 422 g/mol. The summed E-state index contributed by atoms with van der Waals surface area (Å²) in [5.74, 6) is 0.0992. The van der Waals surface area contributed by atoms with Crippen LogP contribution in [0, 0.1) is 0 Å². The zero-order valence-corrected chi connectivity index (χ0v) is 17.2. The largest absolute Gasteiger partial charge is 0.336 e. The summed E-state index contributed by atoms with van der Waals surface area (Å²) in [6.45, 7) is 4.06. The number of carbonyl (C=O) groups is 1. The molecule has 4 nitrogen and oxygen atoms in total. The molecule has 2 heterocycles. The number of piperazine rings is 1. The SMILES string of the molecule is O=C(c1ccccc1Br)N1CCN(Cc2csc(-c3ccccc3)n2)CC1. The van der Waals surface area contributed by atoms with E-state index in [2.05, 4.69) is 38.3 Å². The zero-order chi connectivity index (χ0) is 18.6. The van der Waals surface area contributed by atoms with Crippen LogP contribution in [-0.2, 0) is 6.54 Å². The lowest BCUT2D eigenvalue weighted by molar-refractivity contribution is 0.0626. The van der Waals surface area contributed by atoms with E-state index in [1.165, 1.54) is 0 Å². The average molecular weight is 442 g/mol. The molecule has 0 N–H and O–H groups in total. The molecule has 27 heavy (non-hydrogen) atoms. The van der Waals surface area contributed by atoms with Gasteiger partial charge < -0.3 is 4.90 Å². The molecule has 1 aromatic heterocycles. The van der Waals surface area contributed by atoms with Gasteiger partial charge in [0.2, 0.25) is 0 Å². The molecule has 6 heteroatoms. The van der Waals surface area contributed by atoms with Crippen LogP contribution in [0.25, 0.3) is 10.6 Å². The van der Waals surface area contributed by atoms with E-state index in [0.717, 1.165) is 59.0 Å². The van der Waals surface area contributed by atoms with Gasteiger partial charge in [-0.05, 0) is 28.1 Å². The van der Waals surface area contributed by atoms with E-state index in [1.807, 2.05) is 47.4 Å². The Bertz CT molecular complexity index is 920. The number of halogens is 1. The normalized spacial score (nSPS) is 15.1. The van der Waals surface area contributed by atoms with Crippen LogP contribution in [0.5, 0.6) is 0 Å². The summed E-state index contributed by atoms with van der Waals surface area (Å²) < 4.78 is 0.855. The number of aromatic nitrogens is 1. The maximum absolute atomic E-state index is 12.7. The smallest absolute Gasteiger partial charge is 0.255 e. The lowest BCUT2D eigenvalue weighted by atomic mass is 10.2. The molecule has 0 saturated carbocycles. The minimum atomic E-state index is 0.0992. The molecular formula is C21H20BrN3OS. The molecule has 1 amide bonds. The highest BCUT2D eigenvalue weighted by atomic mass is 79.9. The van der Waals surface area contributed by atoms with Gasteiger partial charge in [0.15, 0.2) is 0 Å². The molecule has 1 aliphatic heterocycles. The van der Waals surface area contributed by atoms with Crippen LogP contribution in [0.1, 0.15) is 16.1 Å². The first-order chi connectivity index (χ1) is 13.2. The van der Waals surface area contributed by atoms with Crippen molar-refractivity contribution in [1.29, 1.82) is 0 Å². The number of benzene rings is 2. The van der Waals surface area contributed by atoms with Crippen LogP contribution in [-0.4, -0.2) is 46.9 Å². The lowest BCUT2D eigenvalue weighted by Crippen LogP contribution is -2.48. The first kappa shape index (κ1) is 18.3. The van der Waals surface area contributed by atoms with E-state index in [9.17, 15) is 4.79 Å². The monoisotopic (exact) mass is 441 g/mol. The van der Waals surface area contributed by atoms with Crippen molar-refractivity contribution >= 4 is 33.2 Å². The standard InChI is InChI=1S/C21H20BrN3OS/c22-19-9-5-4-8-18(19)21(26)25-12-10-24(11-13-25)14-17-15-27-20(23-17)16-6-2-1-3-7-16/h1-9,15H,10-14H2. The number of hydrogen-bond donors (Lipinski definition) is 0. The fourth-order valence-electron chi connectivity index (χ4n) is 3.24. The van der Waals surface area contributed by atoms with Gasteiger partial charge in [0.25, 0.3) is 5.91 Å². The Kier molecular flexibility index (Phi) is 5.66. The van der Waals surface area contributed by atoms with Crippen molar-refractivity contribution in [2.45, 2.75) is 6.54 Å². The van der Waals surface area contributed by atoms with Gasteiger partial charge in [-0.1, -0.05) is 42.5 Å². The van der Waals surface area contributed by atoms with E-state index in [1.54, 1.807) is 11.3 Å². The van der Waals surface area contributed by atoms with Crippen molar-refractivity contribution in [2.75, 3.05) is 26.2 Å². The second-order valence-electron chi connectivity index (χ2n) is 6.56. The average Bonchev–Trinajstić information content (AvgIpc) is 3.18. The van der Waals surface area contributed by atoms with Crippen molar-refractivity contribution < 1.29 is 4.79 Å². The highest BCUT2D eigenvalue weighted by Crippen LogP contribution is 2.24. The van der Waals surface area contributed by atoms with E-state index >= 15 is 0 Å². The third kappa shape index (κ3) is 4.29. The summed E-state index contributed by atoms with van der Waals surface area (Å²) >= 11 is 5.16. The van der Waals surface area contributed by atoms with Gasteiger partial charge >= 0.3 is 0 Å². The van der Waals surface area contributed by atoms with Crippen LogP contribution in [0.3, 0.4) is 0 Å². The molecule has 2 aromatic carbocycles. The van der Waals surface area contributed by atoms with Crippen LogP contribution >= 0.6 is 27.3 Å². The second kappa shape index (κ2) is 8.33. The number of hydrogen-bond acceptors (Lipinski definition) is 4. The van der Waals surface area contributed by atoms with Gasteiger partial charge in [0, 0.05) is 48.1 Å². The van der Waals surface area contributed by atoms with Crippen LogP contribution < -0.4 is 0 Å². The molecule has 0 radical (unpaired) electrons. The second-order valence-corrected chi connectivity index (χ2v) is 8.27. The quantitative estimate of drug-likeness (QED) is 0.596. The number of amides is 1. The predicted molar refractivity (Wildman–Crippen MR) is 113 cm³/mol. The van der Waals surface area contributed by atoms with E-state index in [0.29, 0.717) is 0 Å². The van der Waals surface area contributed by atoms with Crippen molar-refractivity contribution in [2.24, 2.45) is 0 Å². The van der Waals surface area contributed by atoms with Crippen molar-refractivity contribution in [3.05, 3.63) is 75.7 Å². The molecule has 4 rings (SSSR count). The molecule has 0 bridgehead atoms. The van der Waals surface area contributed by atoms with Gasteiger partial charge in [-0.15, -0.1) is 11.3 Å². The Labute approximate surface area is 171 Å². The Hall–Kier alpha value is -2.02. The Morgan fingerprint density at radius 2 is 1.70 bits per heavy atom. The number of thiazole rings is 1. The third-order valence-electron chi connectivity index (χ3n) is 4.72. The summed E-state index contributed by atoms with van der Waals surface area (Å²) in [6, 6.07) is 17.9. The summed E-state index contributed by atoms with van der Waals surface area (Å²) in [5, 5.41) is 3.20. The minimum absolute atomic E-state index is 0.0992. The van der Waals surface area contributed by atoms with Gasteiger partial charge in [-0.25, -0.2) is 4.98 Å². The molecule has 1 aliphatic rings. The number of nitrogens with zero attached hydrogens (tertiary/aromatic N) is 3. The van der Waals surface area contributed by atoms with Gasteiger partial charge in [-0.3, -0.25) is 9.69 Å². The highest BCUT2D eigenvalue weighted by Gasteiger charge is 2.23. The van der Waals surface area contributed by atoms with E-state index in [-0.39, 0.29) is 5.91 Å². The zero-order valence-electron chi connectivity index (χ0n) is 14.8. The van der Waals surface area contributed by atoms with Crippen molar-refractivity contribution in [3.63, 3.8) is 0 Å². The van der Waals surface area contributed by atoms with Gasteiger partial charge in [-0.2, -0.15) is 0 Å². The van der Waals surface area contributed by atoms with E-state index in [4.69, 9.17) is 4.98 Å². The minimum Gasteiger partial charge on any atom is -0.336 e. The molecule has 1 fully saturated rings. The fourth-order valence-corrected chi connectivity index (χ4v) is 4.51. The Morgan fingerprint density at radius 1 is 1.00 bits per heavy atom. The molecule has 3 aromatic rings. The molecule has 0 aliphatic carbocycles. The molecule has 0 atom stereocenters. The maximum atomic E-state index is 12.7. The molecule has 138 valence electrons. The third-order valence-corrected chi connectivity index (χ3v) is 6.35. The first-order valence-corrected chi connectivity index (χ1v) is 10.6. The van der Waals surface area contributed by atoms with Gasteiger partial charge in [0.1, 0.15) is 5.01 Å². The highest BCUT2D eigenvalue weighted by molar-refractivity contribution is 9.10. The van der Waals surface area contributed by atoms with Crippen LogP contribution in [0.4, 0.5) is 0 Å². The lowest BCUT2D eigenvalue weighted by Gasteiger charge is -2.34. The first-order valence-electron chi connectivity index (χ1n) is 8.97. The summed E-state index contributed by atoms with van der Waals surface area (Å²) in [7, 11) is 0. The predicted octanol–water partition coefficient (Wildman–Crippen LogP) is 4.53. The van der Waals surface area contributed by atoms with Crippen molar-refractivity contribution in [1.82, 2.24) is 14.8 Å². The topological polar surface area (TPSA) is 36.4 Å². The van der Waals surface area contributed by atoms with E-state index < -0.39 is 0 Å². The summed E-state index contributed by atoms with van der Waals surface area (Å²) in [5.41, 5.74) is 3.00. The molecule has 0 spiro atoms. The van der Waals surface area contributed by atoms with Crippen LogP contribution in [0.15, 0.2) is 64.5 Å². The Balaban J connectivity index is 1.34. The summed E-state index contributed by atoms with van der Waals surface area (Å²) in [6.07, 6.45) is 0. The van der Waals surface area contributed by atoms with Crippen molar-refractivity contribution in [3.8, 4) is 10.6 Å². The summed E-state index contributed by atoms with van der Waals surface area (Å²) in [4.78, 5) is 21.8. The Morgan fingerprint density at radius 3 is 2.44 bits per heavy atom. The number of rotatable bonds is 4. The fraction of sp³-hybridized carbons (Fsp3) is 0.238. The number of carbonyl (C=O) groups excluding carboxylic acids is 1. The maximum Gasteiger partial charge on any atom is 0.255 e. The molecule has 1 saturated heterocycles. The van der Waals surface area contributed by atoms with Gasteiger partial charge in [0.05, 0.1) is 11.3 Å².